The predicted molar refractivity (Wildman–Crippen MR) is 106 cm³/mol. The van der Waals surface area contributed by atoms with Crippen LogP contribution in [0.4, 0.5) is 8.78 Å². The average Bonchev–Trinajstić information content (AvgIpc) is 2.72. The van der Waals surface area contributed by atoms with Gasteiger partial charge in [-0.15, -0.1) is 0 Å². The summed E-state index contributed by atoms with van der Waals surface area (Å²) in [6, 6.07) is 14.0. The highest BCUT2D eigenvalue weighted by Crippen LogP contribution is 2.26. The number of carbonyl (C=O) groups is 1. The normalized spacial score (nSPS) is 10.6. The van der Waals surface area contributed by atoms with Crippen LogP contribution in [-0.4, -0.2) is 17.5 Å². The summed E-state index contributed by atoms with van der Waals surface area (Å²) in [7, 11) is 0. The summed E-state index contributed by atoms with van der Waals surface area (Å²) in [5, 5.41) is 2.72. The predicted octanol–water partition coefficient (Wildman–Crippen LogP) is 4.37. The molecule has 0 saturated carbocycles. The number of aromatic nitrogens is 1. The van der Waals surface area contributed by atoms with Crippen LogP contribution in [0.25, 0.3) is 11.1 Å². The minimum Gasteiger partial charge on any atom is -0.493 e. The van der Waals surface area contributed by atoms with Crippen LogP contribution in [0.15, 0.2) is 60.8 Å². The van der Waals surface area contributed by atoms with Crippen molar-refractivity contribution >= 4 is 5.91 Å². The number of nitrogens with one attached hydrogen (secondary N) is 1. The van der Waals surface area contributed by atoms with Gasteiger partial charge in [0.2, 0.25) is 5.91 Å². The van der Waals surface area contributed by atoms with Gasteiger partial charge >= 0.3 is 0 Å². The van der Waals surface area contributed by atoms with Crippen LogP contribution < -0.4 is 10.1 Å². The fourth-order valence-electron chi connectivity index (χ4n) is 2.76. The maximum Gasteiger partial charge on any atom is 0.226 e. The molecule has 148 valence electrons. The Bertz CT molecular complexity index is 975. The highest BCUT2D eigenvalue weighted by Gasteiger charge is 2.09. The van der Waals surface area contributed by atoms with Crippen LogP contribution in [0.3, 0.4) is 0 Å². The maximum atomic E-state index is 14.3. The number of halogens is 2. The van der Waals surface area contributed by atoms with Gasteiger partial charge in [0.15, 0.2) is 0 Å². The van der Waals surface area contributed by atoms with E-state index in [2.05, 4.69) is 10.3 Å². The number of hydrogen-bond donors (Lipinski definition) is 1. The van der Waals surface area contributed by atoms with Gasteiger partial charge in [0.1, 0.15) is 17.4 Å². The zero-order chi connectivity index (χ0) is 20.6. The van der Waals surface area contributed by atoms with Gasteiger partial charge in [-0.1, -0.05) is 18.2 Å². The van der Waals surface area contributed by atoms with Crippen LogP contribution >= 0.6 is 0 Å². The standard InChI is InChI=1S/C23H20F2N2O2/c1-2-10-29-20-8-9-21(22(25)13-20)17-6-7-19(26-15-17)12-23(28)27-14-16-4-3-5-18(24)11-16/h1,3-9,11,13,15H,2,10,12,14H2,(H,27,28). The van der Waals surface area contributed by atoms with Crippen molar-refractivity contribution in [3.63, 3.8) is 0 Å². The van der Waals surface area contributed by atoms with Crippen molar-refractivity contribution in [3.8, 4) is 16.9 Å². The summed E-state index contributed by atoms with van der Waals surface area (Å²) in [6.45, 7) is 5.92. The van der Waals surface area contributed by atoms with Gasteiger partial charge in [-0.25, -0.2) is 8.78 Å². The van der Waals surface area contributed by atoms with Crippen LogP contribution in [0.1, 0.15) is 17.7 Å². The van der Waals surface area contributed by atoms with Crippen molar-refractivity contribution in [2.24, 2.45) is 0 Å². The second kappa shape index (κ2) is 9.78. The summed E-state index contributed by atoms with van der Waals surface area (Å²) in [4.78, 5) is 16.3. The third kappa shape index (κ3) is 5.85. The molecule has 0 atom stereocenters. The van der Waals surface area contributed by atoms with E-state index < -0.39 is 5.82 Å². The molecule has 0 bridgehead atoms. The molecule has 1 aromatic heterocycles. The van der Waals surface area contributed by atoms with Gasteiger partial charge in [0.25, 0.3) is 0 Å². The fourth-order valence-corrected chi connectivity index (χ4v) is 2.76. The molecule has 0 spiro atoms. The molecule has 0 unspecified atom stereocenters. The zero-order valence-corrected chi connectivity index (χ0v) is 15.7. The summed E-state index contributed by atoms with van der Waals surface area (Å²) >= 11 is 0. The Morgan fingerprint density at radius 1 is 1.10 bits per heavy atom. The van der Waals surface area contributed by atoms with Gasteiger partial charge in [0.05, 0.1) is 13.0 Å². The highest BCUT2D eigenvalue weighted by atomic mass is 19.1. The Kier molecular flexibility index (Phi) is 6.89. The number of pyridine rings is 1. The molecule has 2 radical (unpaired) electrons. The first-order chi connectivity index (χ1) is 14.0. The van der Waals surface area contributed by atoms with Crippen molar-refractivity contribution in [1.82, 2.24) is 10.3 Å². The largest absolute Gasteiger partial charge is 0.493 e. The van der Waals surface area contributed by atoms with E-state index in [1.54, 1.807) is 36.4 Å². The number of rotatable bonds is 8. The molecular weight excluding hydrogens is 374 g/mol. The highest BCUT2D eigenvalue weighted by molar-refractivity contribution is 5.78. The van der Waals surface area contributed by atoms with E-state index in [0.29, 0.717) is 41.2 Å². The fraction of sp³-hybridized carbons (Fsp3) is 0.174. The molecule has 1 heterocycles. The molecule has 0 aliphatic carbocycles. The Labute approximate surface area is 168 Å². The monoisotopic (exact) mass is 394 g/mol. The Hall–Kier alpha value is -3.28. The van der Waals surface area contributed by atoms with Crippen molar-refractivity contribution in [2.75, 3.05) is 6.61 Å². The number of amides is 1. The molecule has 1 N–H and O–H groups in total. The Morgan fingerprint density at radius 3 is 2.66 bits per heavy atom. The third-order valence-corrected chi connectivity index (χ3v) is 4.18. The van der Waals surface area contributed by atoms with E-state index in [1.807, 2.05) is 0 Å². The third-order valence-electron chi connectivity index (χ3n) is 4.18. The molecular formula is C23H20F2N2O2. The lowest BCUT2D eigenvalue weighted by molar-refractivity contribution is -0.120. The number of benzene rings is 2. The number of ether oxygens (including phenoxy) is 1. The number of carbonyl (C=O) groups excluding carboxylic acids is 1. The molecule has 3 rings (SSSR count). The van der Waals surface area contributed by atoms with Gasteiger partial charge in [-0.05, 0) is 49.2 Å². The first-order valence-electron chi connectivity index (χ1n) is 9.14. The molecule has 1 amide bonds. The summed E-state index contributed by atoms with van der Waals surface area (Å²) in [5.41, 5.74) is 2.21. The van der Waals surface area contributed by atoms with E-state index >= 15 is 0 Å². The first kappa shape index (κ1) is 20.5. The molecule has 0 saturated heterocycles. The zero-order valence-electron chi connectivity index (χ0n) is 15.7. The lowest BCUT2D eigenvalue weighted by atomic mass is 10.1. The second-order valence-corrected chi connectivity index (χ2v) is 6.40. The van der Waals surface area contributed by atoms with E-state index in [0.717, 1.165) is 0 Å². The SMILES string of the molecule is [CH]CCOc1ccc(-c2ccc(CC(=O)NCc3cccc(F)c3)nc2)c(F)c1. The van der Waals surface area contributed by atoms with E-state index in [1.165, 1.54) is 24.4 Å². The molecule has 6 heteroatoms. The molecule has 2 aromatic carbocycles. The van der Waals surface area contributed by atoms with Crippen molar-refractivity contribution < 1.29 is 18.3 Å². The molecule has 0 aliphatic heterocycles. The van der Waals surface area contributed by atoms with Gasteiger partial charge in [-0.2, -0.15) is 0 Å². The minimum atomic E-state index is -0.429. The van der Waals surface area contributed by atoms with Crippen molar-refractivity contribution in [2.45, 2.75) is 19.4 Å². The van der Waals surface area contributed by atoms with E-state index in [-0.39, 0.29) is 24.7 Å². The number of hydrogen-bond acceptors (Lipinski definition) is 3. The Morgan fingerprint density at radius 2 is 1.97 bits per heavy atom. The van der Waals surface area contributed by atoms with E-state index in [9.17, 15) is 13.6 Å². The van der Waals surface area contributed by atoms with Crippen molar-refractivity contribution in [1.29, 1.82) is 0 Å². The van der Waals surface area contributed by atoms with Crippen LogP contribution in [0.2, 0.25) is 0 Å². The lowest BCUT2D eigenvalue weighted by Gasteiger charge is -2.09. The summed E-state index contributed by atoms with van der Waals surface area (Å²) in [5.74, 6) is -0.597. The van der Waals surface area contributed by atoms with Gasteiger partial charge in [-0.3, -0.25) is 9.78 Å². The van der Waals surface area contributed by atoms with Gasteiger partial charge < -0.3 is 10.1 Å². The minimum absolute atomic E-state index is 0.0734. The topological polar surface area (TPSA) is 51.2 Å². The second-order valence-electron chi connectivity index (χ2n) is 6.40. The molecule has 0 fully saturated rings. The van der Waals surface area contributed by atoms with E-state index in [4.69, 9.17) is 11.7 Å². The summed E-state index contributed by atoms with van der Waals surface area (Å²) < 4.78 is 32.8. The van der Waals surface area contributed by atoms with Crippen LogP contribution in [-0.2, 0) is 17.8 Å². The lowest BCUT2D eigenvalue weighted by Crippen LogP contribution is -2.24. The molecule has 29 heavy (non-hydrogen) atoms. The van der Waals surface area contributed by atoms with Gasteiger partial charge in [0, 0.05) is 35.6 Å². The molecule has 0 aliphatic rings. The van der Waals surface area contributed by atoms with Crippen LogP contribution in [0.5, 0.6) is 5.75 Å². The quantitative estimate of drug-likeness (QED) is 0.617. The van der Waals surface area contributed by atoms with Crippen molar-refractivity contribution in [3.05, 3.63) is 90.6 Å². The molecule has 4 nitrogen and oxygen atoms in total. The first-order valence-corrected chi connectivity index (χ1v) is 9.14. The maximum absolute atomic E-state index is 14.3. The number of nitrogens with zero attached hydrogens (tertiary/aromatic N) is 1. The Balaban J connectivity index is 1.59. The van der Waals surface area contributed by atoms with Crippen LogP contribution in [0, 0.1) is 18.6 Å². The summed E-state index contributed by atoms with van der Waals surface area (Å²) in [6.07, 6.45) is 1.95. The smallest absolute Gasteiger partial charge is 0.226 e. The molecule has 3 aromatic rings. The average molecular weight is 394 g/mol.